The van der Waals surface area contributed by atoms with E-state index in [0.717, 1.165) is 11.3 Å². The number of halogens is 1. The predicted molar refractivity (Wildman–Crippen MR) is 69.6 cm³/mol. The van der Waals surface area contributed by atoms with E-state index in [-0.39, 0.29) is 0 Å². The van der Waals surface area contributed by atoms with Gasteiger partial charge in [-0.25, -0.2) is 0 Å². The molecule has 17 heavy (non-hydrogen) atoms. The van der Waals surface area contributed by atoms with Crippen molar-refractivity contribution in [2.75, 3.05) is 12.4 Å². The van der Waals surface area contributed by atoms with Gasteiger partial charge in [-0.1, -0.05) is 17.7 Å². The van der Waals surface area contributed by atoms with Gasteiger partial charge in [-0.15, -0.1) is 0 Å². The molecule has 0 aliphatic carbocycles. The van der Waals surface area contributed by atoms with Crippen molar-refractivity contribution in [1.82, 2.24) is 4.98 Å². The van der Waals surface area contributed by atoms with Crippen molar-refractivity contribution in [3.05, 3.63) is 53.3 Å². The van der Waals surface area contributed by atoms with Gasteiger partial charge in [-0.3, -0.25) is 4.98 Å². The minimum atomic E-state index is 0.623. The summed E-state index contributed by atoms with van der Waals surface area (Å²) in [6.45, 7) is 0.704. The van der Waals surface area contributed by atoms with Crippen molar-refractivity contribution in [3.63, 3.8) is 0 Å². The number of pyridine rings is 1. The standard InChI is InChI=1S/C13H13ClN2O/c1-17-13-5-4-10(7-12(13)14)8-16-11-3-2-6-15-9-11/h2-7,9,16H,8H2,1H3. The normalized spacial score (nSPS) is 10.0. The summed E-state index contributed by atoms with van der Waals surface area (Å²) in [5, 5.41) is 3.89. The lowest BCUT2D eigenvalue weighted by molar-refractivity contribution is 0.415. The Labute approximate surface area is 105 Å². The van der Waals surface area contributed by atoms with Crippen molar-refractivity contribution in [1.29, 1.82) is 0 Å². The molecule has 2 aromatic rings. The minimum Gasteiger partial charge on any atom is -0.495 e. The first-order chi connectivity index (χ1) is 8.29. The number of methoxy groups -OCH3 is 1. The highest BCUT2D eigenvalue weighted by molar-refractivity contribution is 6.32. The second-order valence-corrected chi connectivity index (χ2v) is 3.97. The lowest BCUT2D eigenvalue weighted by atomic mass is 10.2. The molecule has 3 nitrogen and oxygen atoms in total. The van der Waals surface area contributed by atoms with E-state index >= 15 is 0 Å². The average Bonchev–Trinajstić information content (AvgIpc) is 2.38. The van der Waals surface area contributed by atoms with Crippen LogP contribution in [-0.2, 0) is 6.54 Å². The molecule has 1 aromatic carbocycles. The van der Waals surface area contributed by atoms with Crippen LogP contribution in [0.5, 0.6) is 5.75 Å². The van der Waals surface area contributed by atoms with Crippen LogP contribution in [-0.4, -0.2) is 12.1 Å². The zero-order chi connectivity index (χ0) is 12.1. The van der Waals surface area contributed by atoms with Crippen LogP contribution >= 0.6 is 11.6 Å². The summed E-state index contributed by atoms with van der Waals surface area (Å²) in [4.78, 5) is 4.03. The number of ether oxygens (including phenoxy) is 1. The molecule has 0 saturated carbocycles. The summed E-state index contributed by atoms with van der Waals surface area (Å²) >= 11 is 6.05. The van der Waals surface area contributed by atoms with Crippen molar-refractivity contribution in [2.45, 2.75) is 6.54 Å². The maximum absolute atomic E-state index is 6.05. The molecule has 2 rings (SSSR count). The van der Waals surface area contributed by atoms with Gasteiger partial charge in [0.2, 0.25) is 0 Å². The Morgan fingerprint density at radius 1 is 1.35 bits per heavy atom. The van der Waals surface area contributed by atoms with Gasteiger partial charge >= 0.3 is 0 Å². The predicted octanol–water partition coefficient (Wildman–Crippen LogP) is 3.36. The fraction of sp³-hybridized carbons (Fsp3) is 0.154. The number of nitrogens with one attached hydrogen (secondary N) is 1. The second-order valence-electron chi connectivity index (χ2n) is 3.56. The largest absolute Gasteiger partial charge is 0.495 e. The monoisotopic (exact) mass is 248 g/mol. The van der Waals surface area contributed by atoms with Gasteiger partial charge in [0.25, 0.3) is 0 Å². The number of hydrogen-bond acceptors (Lipinski definition) is 3. The number of nitrogens with zero attached hydrogens (tertiary/aromatic N) is 1. The van der Waals surface area contributed by atoms with E-state index in [4.69, 9.17) is 16.3 Å². The van der Waals surface area contributed by atoms with Gasteiger partial charge in [0, 0.05) is 18.9 Å². The Kier molecular flexibility index (Phi) is 3.83. The quantitative estimate of drug-likeness (QED) is 0.901. The fourth-order valence-corrected chi connectivity index (χ4v) is 1.77. The van der Waals surface area contributed by atoms with Gasteiger partial charge in [-0.05, 0) is 29.8 Å². The van der Waals surface area contributed by atoms with E-state index in [0.29, 0.717) is 17.3 Å². The molecular formula is C13H13ClN2O. The lowest BCUT2D eigenvalue weighted by Crippen LogP contribution is -1.99. The highest BCUT2D eigenvalue weighted by atomic mass is 35.5. The Morgan fingerprint density at radius 2 is 2.24 bits per heavy atom. The van der Waals surface area contributed by atoms with Crippen LogP contribution < -0.4 is 10.1 Å². The molecule has 0 fully saturated rings. The van der Waals surface area contributed by atoms with E-state index in [2.05, 4.69) is 10.3 Å². The Morgan fingerprint density at radius 3 is 2.88 bits per heavy atom. The second kappa shape index (κ2) is 5.55. The summed E-state index contributed by atoms with van der Waals surface area (Å²) < 4.78 is 5.10. The maximum atomic E-state index is 6.05. The zero-order valence-electron chi connectivity index (χ0n) is 9.48. The van der Waals surface area contributed by atoms with Gasteiger partial charge in [0.15, 0.2) is 0 Å². The molecule has 1 aromatic heterocycles. The SMILES string of the molecule is COc1ccc(CNc2cccnc2)cc1Cl. The lowest BCUT2D eigenvalue weighted by Gasteiger charge is -2.08. The molecular weight excluding hydrogens is 236 g/mol. The Balaban J connectivity index is 2.02. The number of rotatable bonds is 4. The van der Waals surface area contributed by atoms with E-state index < -0.39 is 0 Å². The number of aromatic nitrogens is 1. The molecule has 0 saturated heterocycles. The molecule has 0 radical (unpaired) electrons. The first-order valence-electron chi connectivity index (χ1n) is 5.26. The van der Waals surface area contributed by atoms with Crippen molar-refractivity contribution < 1.29 is 4.74 Å². The smallest absolute Gasteiger partial charge is 0.137 e. The topological polar surface area (TPSA) is 34.1 Å². The van der Waals surface area contributed by atoms with Crippen LogP contribution in [0.3, 0.4) is 0 Å². The summed E-state index contributed by atoms with van der Waals surface area (Å²) in [5.74, 6) is 0.691. The van der Waals surface area contributed by atoms with Crippen molar-refractivity contribution in [3.8, 4) is 5.75 Å². The molecule has 0 bridgehead atoms. The molecule has 0 aliphatic rings. The summed E-state index contributed by atoms with van der Waals surface area (Å²) in [6, 6.07) is 9.60. The van der Waals surface area contributed by atoms with Crippen LogP contribution in [0.25, 0.3) is 0 Å². The van der Waals surface area contributed by atoms with Gasteiger partial charge in [0.05, 0.1) is 17.8 Å². The molecule has 0 amide bonds. The average molecular weight is 249 g/mol. The molecule has 0 aliphatic heterocycles. The van der Waals surface area contributed by atoms with Crippen molar-refractivity contribution in [2.24, 2.45) is 0 Å². The Hall–Kier alpha value is -1.74. The molecule has 4 heteroatoms. The summed E-state index contributed by atoms with van der Waals surface area (Å²) in [7, 11) is 1.61. The first kappa shape index (κ1) is 11.7. The maximum Gasteiger partial charge on any atom is 0.137 e. The van der Waals surface area contributed by atoms with Crippen LogP contribution in [0.2, 0.25) is 5.02 Å². The van der Waals surface area contributed by atoms with E-state index in [9.17, 15) is 0 Å². The molecule has 1 heterocycles. The molecule has 1 N–H and O–H groups in total. The highest BCUT2D eigenvalue weighted by Gasteiger charge is 2.01. The Bertz CT molecular complexity index is 488. The molecule has 0 unspecified atom stereocenters. The molecule has 0 atom stereocenters. The number of benzene rings is 1. The third-order valence-electron chi connectivity index (χ3n) is 2.37. The minimum absolute atomic E-state index is 0.623. The van der Waals surface area contributed by atoms with Gasteiger partial charge < -0.3 is 10.1 Å². The van der Waals surface area contributed by atoms with Gasteiger partial charge in [-0.2, -0.15) is 0 Å². The third kappa shape index (κ3) is 3.11. The van der Waals surface area contributed by atoms with E-state index in [1.54, 1.807) is 19.5 Å². The van der Waals surface area contributed by atoms with Gasteiger partial charge in [0.1, 0.15) is 5.75 Å². The van der Waals surface area contributed by atoms with Crippen molar-refractivity contribution >= 4 is 17.3 Å². The fourth-order valence-electron chi connectivity index (χ4n) is 1.49. The van der Waals surface area contributed by atoms with Crippen LogP contribution in [0.4, 0.5) is 5.69 Å². The van der Waals surface area contributed by atoms with E-state index in [1.807, 2.05) is 30.3 Å². The number of anilines is 1. The summed E-state index contributed by atoms with van der Waals surface area (Å²) in [6.07, 6.45) is 3.53. The summed E-state index contributed by atoms with van der Waals surface area (Å²) in [5.41, 5.74) is 2.08. The first-order valence-corrected chi connectivity index (χ1v) is 5.63. The third-order valence-corrected chi connectivity index (χ3v) is 2.67. The van der Waals surface area contributed by atoms with Crippen LogP contribution in [0, 0.1) is 0 Å². The highest BCUT2D eigenvalue weighted by Crippen LogP contribution is 2.25. The van der Waals surface area contributed by atoms with Crippen LogP contribution in [0.15, 0.2) is 42.7 Å². The van der Waals surface area contributed by atoms with Crippen LogP contribution in [0.1, 0.15) is 5.56 Å². The zero-order valence-corrected chi connectivity index (χ0v) is 10.2. The molecule has 88 valence electrons. The molecule has 0 spiro atoms. The van der Waals surface area contributed by atoms with E-state index in [1.165, 1.54) is 0 Å². The number of hydrogen-bond donors (Lipinski definition) is 1.